The molecule has 0 saturated carbocycles. The van der Waals surface area contributed by atoms with Gasteiger partial charge in [0, 0.05) is 0 Å². The first-order chi connectivity index (χ1) is 8.64. The van der Waals surface area contributed by atoms with E-state index in [1.807, 2.05) is 0 Å². The largest absolute Gasteiger partial charge is 0.443 e. The van der Waals surface area contributed by atoms with Gasteiger partial charge in [-0.2, -0.15) is 39.5 Å². The Labute approximate surface area is 108 Å². The number of hydrogen-bond acceptors (Lipinski definition) is 3. The molecule has 118 valence electrons. The van der Waals surface area contributed by atoms with Gasteiger partial charge in [-0.05, 0) is 0 Å². The molecule has 0 spiro atoms. The maximum atomic E-state index is 13.0. The van der Waals surface area contributed by atoms with Crippen LogP contribution >= 0.6 is 11.8 Å². The molecule has 0 radical (unpaired) electrons. The van der Waals surface area contributed by atoms with Crippen LogP contribution in [0.1, 0.15) is 0 Å². The SMILES string of the molecule is NC1NC(C(F)(F)F)(C(F)(F)F)/C(=C(\F)C(F)(F)F)S1. The van der Waals surface area contributed by atoms with Crippen molar-refractivity contribution in [1.82, 2.24) is 5.32 Å². The molecule has 1 heterocycles. The first-order valence-electron chi connectivity index (χ1n) is 4.45. The molecule has 0 aromatic heterocycles. The maximum absolute atomic E-state index is 13.0. The summed E-state index contributed by atoms with van der Waals surface area (Å²) in [6, 6.07) is 0. The van der Waals surface area contributed by atoms with E-state index in [9.17, 15) is 43.9 Å². The van der Waals surface area contributed by atoms with Crippen LogP contribution in [0.5, 0.6) is 0 Å². The van der Waals surface area contributed by atoms with Gasteiger partial charge >= 0.3 is 18.5 Å². The Hall–Kier alpha value is -0.690. The smallest absolute Gasteiger partial charge is 0.307 e. The predicted molar refractivity (Wildman–Crippen MR) is 47.7 cm³/mol. The van der Waals surface area contributed by atoms with Crippen LogP contribution in [0.2, 0.25) is 0 Å². The first kappa shape index (κ1) is 17.4. The molecule has 1 saturated heterocycles. The molecule has 0 aromatic rings. The van der Waals surface area contributed by atoms with Crippen molar-refractivity contribution in [3.8, 4) is 0 Å². The third-order valence-electron chi connectivity index (χ3n) is 2.24. The lowest BCUT2D eigenvalue weighted by atomic mass is 9.96. The molecule has 20 heavy (non-hydrogen) atoms. The number of nitrogens with one attached hydrogen (secondary N) is 1. The second-order valence-corrected chi connectivity index (χ2v) is 4.72. The molecule has 0 aliphatic carbocycles. The standard InChI is InChI=1S/C7H4F10N2S/c8-1(5(9,10)11)2-4(6(12,13)14,7(15,16)17)19-3(18)20-2/h3,19H,18H2/b2-1+. The van der Waals surface area contributed by atoms with Crippen molar-refractivity contribution >= 4 is 11.8 Å². The molecule has 13 heteroatoms. The van der Waals surface area contributed by atoms with Gasteiger partial charge in [-0.1, -0.05) is 11.8 Å². The van der Waals surface area contributed by atoms with E-state index >= 15 is 0 Å². The number of nitrogens with two attached hydrogens (primary N) is 1. The summed E-state index contributed by atoms with van der Waals surface area (Å²) in [5.74, 6) is -3.49. The Morgan fingerprint density at radius 2 is 1.40 bits per heavy atom. The summed E-state index contributed by atoms with van der Waals surface area (Å²) in [7, 11) is 0. The Bertz CT molecular complexity index is 405. The zero-order valence-corrected chi connectivity index (χ0v) is 9.66. The molecule has 0 bridgehead atoms. The van der Waals surface area contributed by atoms with Gasteiger partial charge in [-0.3, -0.25) is 5.32 Å². The Morgan fingerprint density at radius 1 is 1.00 bits per heavy atom. The average molecular weight is 338 g/mol. The van der Waals surface area contributed by atoms with Gasteiger partial charge in [0.2, 0.25) is 11.4 Å². The lowest BCUT2D eigenvalue weighted by Gasteiger charge is -2.34. The number of hydrogen-bond donors (Lipinski definition) is 2. The monoisotopic (exact) mass is 338 g/mol. The maximum Gasteiger partial charge on any atom is 0.443 e. The molecule has 0 amide bonds. The first-order valence-corrected chi connectivity index (χ1v) is 5.33. The van der Waals surface area contributed by atoms with Crippen molar-refractivity contribution in [2.45, 2.75) is 29.6 Å². The third-order valence-corrected chi connectivity index (χ3v) is 3.34. The minimum Gasteiger partial charge on any atom is -0.307 e. The summed E-state index contributed by atoms with van der Waals surface area (Å²) in [6.07, 6.45) is -18.6. The lowest BCUT2D eigenvalue weighted by molar-refractivity contribution is -0.291. The number of thioether (sulfide) groups is 1. The van der Waals surface area contributed by atoms with E-state index < -0.39 is 52.1 Å². The van der Waals surface area contributed by atoms with Gasteiger partial charge in [0.1, 0.15) is 5.50 Å². The molecule has 0 aromatic carbocycles. The summed E-state index contributed by atoms with van der Waals surface area (Å²) in [5.41, 5.74) is -2.64. The van der Waals surface area contributed by atoms with Gasteiger partial charge in [-0.25, -0.2) is 4.39 Å². The van der Waals surface area contributed by atoms with E-state index in [-0.39, 0.29) is 0 Å². The molecular weight excluding hydrogens is 334 g/mol. The van der Waals surface area contributed by atoms with Gasteiger partial charge in [0.25, 0.3) is 0 Å². The van der Waals surface area contributed by atoms with Crippen LogP contribution in [0.3, 0.4) is 0 Å². The van der Waals surface area contributed by atoms with Crippen molar-refractivity contribution < 1.29 is 43.9 Å². The molecule has 1 aliphatic heterocycles. The quantitative estimate of drug-likeness (QED) is 0.667. The van der Waals surface area contributed by atoms with E-state index in [1.165, 1.54) is 0 Å². The zero-order valence-electron chi connectivity index (χ0n) is 8.84. The van der Waals surface area contributed by atoms with Crippen LogP contribution in [0.4, 0.5) is 43.9 Å². The van der Waals surface area contributed by atoms with Gasteiger partial charge in [0.05, 0.1) is 4.91 Å². The van der Waals surface area contributed by atoms with Crippen molar-refractivity contribution in [1.29, 1.82) is 0 Å². The van der Waals surface area contributed by atoms with E-state index in [4.69, 9.17) is 5.73 Å². The van der Waals surface area contributed by atoms with Crippen LogP contribution in [0.25, 0.3) is 0 Å². The molecule has 3 N–H and O–H groups in total. The highest BCUT2D eigenvalue weighted by Gasteiger charge is 2.77. The molecular formula is C7H4F10N2S. The van der Waals surface area contributed by atoms with E-state index in [0.717, 1.165) is 5.32 Å². The summed E-state index contributed by atoms with van der Waals surface area (Å²) in [4.78, 5) is -2.60. The van der Waals surface area contributed by atoms with Crippen molar-refractivity contribution in [3.63, 3.8) is 0 Å². The fourth-order valence-electron chi connectivity index (χ4n) is 1.45. The van der Waals surface area contributed by atoms with Crippen molar-refractivity contribution in [3.05, 3.63) is 10.7 Å². The van der Waals surface area contributed by atoms with Crippen molar-refractivity contribution in [2.75, 3.05) is 0 Å². The summed E-state index contributed by atoms with van der Waals surface area (Å²) < 4.78 is 125. The number of rotatable bonds is 0. The summed E-state index contributed by atoms with van der Waals surface area (Å²) in [5, 5.41) is 0.743. The number of halogens is 10. The molecule has 1 atom stereocenters. The average Bonchev–Trinajstić information content (AvgIpc) is 2.52. The van der Waals surface area contributed by atoms with Crippen LogP contribution in [-0.2, 0) is 0 Å². The lowest BCUT2D eigenvalue weighted by Crippen LogP contribution is -2.66. The minimum absolute atomic E-state index is 0.728. The zero-order chi connectivity index (χ0) is 16.1. The highest BCUT2D eigenvalue weighted by Crippen LogP contribution is 2.57. The van der Waals surface area contributed by atoms with E-state index in [2.05, 4.69) is 0 Å². The molecule has 1 fully saturated rings. The Kier molecular flexibility index (Phi) is 4.05. The molecule has 1 unspecified atom stereocenters. The summed E-state index contributed by atoms with van der Waals surface area (Å²) in [6.45, 7) is 0. The minimum atomic E-state index is -6.27. The van der Waals surface area contributed by atoms with E-state index in [1.54, 1.807) is 0 Å². The molecule has 2 nitrogen and oxygen atoms in total. The highest BCUT2D eigenvalue weighted by atomic mass is 32.2. The second kappa shape index (κ2) is 4.66. The Balaban J connectivity index is 3.66. The van der Waals surface area contributed by atoms with Crippen LogP contribution < -0.4 is 11.1 Å². The molecule has 1 rings (SSSR count). The van der Waals surface area contributed by atoms with Gasteiger partial charge in [0.15, 0.2) is 0 Å². The third kappa shape index (κ3) is 2.57. The highest BCUT2D eigenvalue weighted by molar-refractivity contribution is 8.04. The topological polar surface area (TPSA) is 38.0 Å². The second-order valence-electron chi connectivity index (χ2n) is 3.57. The van der Waals surface area contributed by atoms with Crippen LogP contribution in [0.15, 0.2) is 10.7 Å². The predicted octanol–water partition coefficient (Wildman–Crippen LogP) is 3.17. The number of allylic oxidation sites excluding steroid dienone is 1. The fraction of sp³-hybridized carbons (Fsp3) is 0.714. The normalized spacial score (nSPS) is 26.9. The number of alkyl halides is 9. The van der Waals surface area contributed by atoms with Crippen LogP contribution in [0, 0.1) is 0 Å². The van der Waals surface area contributed by atoms with Crippen molar-refractivity contribution in [2.24, 2.45) is 5.73 Å². The fourth-order valence-corrected chi connectivity index (χ4v) is 2.63. The molecule has 1 aliphatic rings. The van der Waals surface area contributed by atoms with Gasteiger partial charge in [-0.15, -0.1) is 0 Å². The summed E-state index contributed by atoms with van der Waals surface area (Å²) >= 11 is -0.728. The van der Waals surface area contributed by atoms with Gasteiger partial charge < -0.3 is 5.73 Å². The van der Waals surface area contributed by atoms with Crippen LogP contribution in [-0.4, -0.2) is 29.6 Å². The van der Waals surface area contributed by atoms with E-state index in [0.29, 0.717) is 0 Å². The Morgan fingerprint density at radius 3 is 1.70 bits per heavy atom.